The second kappa shape index (κ2) is 9.44. The number of hydrogen-bond donors (Lipinski definition) is 2. The molecule has 1 aliphatic carbocycles. The molecule has 0 aliphatic heterocycles. The van der Waals surface area contributed by atoms with Gasteiger partial charge in [0.25, 0.3) is 0 Å². The van der Waals surface area contributed by atoms with Gasteiger partial charge in [-0.1, -0.05) is 12.1 Å². The van der Waals surface area contributed by atoms with E-state index in [0.29, 0.717) is 4.90 Å². The minimum absolute atomic E-state index is 0. The van der Waals surface area contributed by atoms with Crippen molar-refractivity contribution < 1.29 is 4.39 Å². The van der Waals surface area contributed by atoms with Crippen molar-refractivity contribution in [1.29, 1.82) is 0 Å². The van der Waals surface area contributed by atoms with Gasteiger partial charge < -0.3 is 10.6 Å². The summed E-state index contributed by atoms with van der Waals surface area (Å²) >= 11 is 1.52. The van der Waals surface area contributed by atoms with E-state index < -0.39 is 0 Å². The number of nitrogens with one attached hydrogen (secondary N) is 2. The third kappa shape index (κ3) is 6.30. The molecule has 0 heterocycles. The van der Waals surface area contributed by atoms with E-state index in [4.69, 9.17) is 0 Å². The van der Waals surface area contributed by atoms with Gasteiger partial charge in [0.15, 0.2) is 5.96 Å². The molecule has 0 saturated heterocycles. The fourth-order valence-electron chi connectivity index (χ4n) is 1.68. The number of hydrogen-bond acceptors (Lipinski definition) is 2. The van der Waals surface area contributed by atoms with E-state index in [2.05, 4.69) is 15.6 Å². The Labute approximate surface area is 141 Å². The van der Waals surface area contributed by atoms with Gasteiger partial charge in [0, 0.05) is 30.8 Å². The number of benzene rings is 1. The van der Waals surface area contributed by atoms with E-state index in [0.717, 1.165) is 30.7 Å². The minimum atomic E-state index is -0.149. The molecule has 112 valence electrons. The van der Waals surface area contributed by atoms with Gasteiger partial charge >= 0.3 is 0 Å². The minimum Gasteiger partial charge on any atom is -0.356 e. The topological polar surface area (TPSA) is 36.4 Å². The highest BCUT2D eigenvalue weighted by molar-refractivity contribution is 14.0. The Morgan fingerprint density at radius 2 is 2.10 bits per heavy atom. The van der Waals surface area contributed by atoms with E-state index >= 15 is 0 Å². The normalized spacial score (nSPS) is 14.6. The van der Waals surface area contributed by atoms with Crippen molar-refractivity contribution >= 4 is 41.7 Å². The largest absolute Gasteiger partial charge is 0.356 e. The molecule has 20 heavy (non-hydrogen) atoms. The molecule has 1 aromatic rings. The highest BCUT2D eigenvalue weighted by Gasteiger charge is 2.20. The van der Waals surface area contributed by atoms with Crippen LogP contribution >= 0.6 is 35.7 Å². The van der Waals surface area contributed by atoms with Crippen LogP contribution in [-0.4, -0.2) is 31.8 Å². The van der Waals surface area contributed by atoms with E-state index in [9.17, 15) is 4.39 Å². The van der Waals surface area contributed by atoms with E-state index in [-0.39, 0.29) is 29.8 Å². The molecule has 1 aliphatic rings. The Hall–Kier alpha value is -0.500. The second-order valence-corrected chi connectivity index (χ2v) is 5.74. The van der Waals surface area contributed by atoms with Gasteiger partial charge in [-0.2, -0.15) is 0 Å². The summed E-state index contributed by atoms with van der Waals surface area (Å²) < 4.78 is 13.4. The van der Waals surface area contributed by atoms with Crippen molar-refractivity contribution in [2.24, 2.45) is 10.9 Å². The van der Waals surface area contributed by atoms with Gasteiger partial charge in [-0.15, -0.1) is 35.7 Å². The molecule has 0 atom stereocenters. The van der Waals surface area contributed by atoms with Gasteiger partial charge in [0.1, 0.15) is 5.82 Å². The number of halogens is 2. The lowest BCUT2D eigenvalue weighted by Crippen LogP contribution is -2.39. The first-order valence-electron chi connectivity index (χ1n) is 6.61. The highest BCUT2D eigenvalue weighted by Crippen LogP contribution is 2.27. The number of aliphatic imine (C=N–C) groups is 1. The van der Waals surface area contributed by atoms with Gasteiger partial charge in [0.05, 0.1) is 0 Å². The molecule has 1 fully saturated rings. The Kier molecular flexibility index (Phi) is 8.28. The first-order chi connectivity index (χ1) is 9.29. The zero-order valence-corrected chi connectivity index (χ0v) is 14.7. The summed E-state index contributed by atoms with van der Waals surface area (Å²) in [5.74, 6) is 2.32. The lowest BCUT2D eigenvalue weighted by molar-refractivity contribution is 0.602. The molecule has 6 heteroatoms. The lowest BCUT2D eigenvalue weighted by atomic mass is 10.3. The van der Waals surface area contributed by atoms with Gasteiger partial charge in [-0.3, -0.25) is 4.99 Å². The SMILES string of the molecule is CN=C(NCCSc1ccccc1F)NCC1CC1.I. The molecule has 0 bridgehead atoms. The summed E-state index contributed by atoms with van der Waals surface area (Å²) in [4.78, 5) is 4.86. The molecule has 1 aromatic carbocycles. The molecule has 0 aromatic heterocycles. The predicted molar refractivity (Wildman–Crippen MR) is 94.6 cm³/mol. The number of thioether (sulfide) groups is 1. The highest BCUT2D eigenvalue weighted by atomic mass is 127. The van der Waals surface area contributed by atoms with Crippen LogP contribution in [0.25, 0.3) is 0 Å². The van der Waals surface area contributed by atoms with Crippen molar-refractivity contribution in [1.82, 2.24) is 10.6 Å². The molecule has 2 N–H and O–H groups in total. The van der Waals surface area contributed by atoms with Crippen molar-refractivity contribution in [2.45, 2.75) is 17.7 Å². The quantitative estimate of drug-likeness (QED) is 0.249. The first kappa shape index (κ1) is 17.6. The van der Waals surface area contributed by atoms with Crippen LogP contribution in [0.15, 0.2) is 34.2 Å². The van der Waals surface area contributed by atoms with Crippen LogP contribution in [-0.2, 0) is 0 Å². The molecule has 1 saturated carbocycles. The number of nitrogens with zero attached hydrogens (tertiary/aromatic N) is 1. The Morgan fingerprint density at radius 3 is 2.75 bits per heavy atom. The summed E-state index contributed by atoms with van der Waals surface area (Å²) in [7, 11) is 1.77. The maximum atomic E-state index is 13.4. The molecule has 2 rings (SSSR count). The summed E-state index contributed by atoms with van der Waals surface area (Å²) in [6, 6.07) is 6.86. The van der Waals surface area contributed by atoms with Crippen molar-refractivity contribution in [2.75, 3.05) is 25.9 Å². The second-order valence-electron chi connectivity index (χ2n) is 4.60. The molecule has 3 nitrogen and oxygen atoms in total. The Bertz CT molecular complexity index is 438. The van der Waals surface area contributed by atoms with E-state index in [1.54, 1.807) is 19.2 Å². The molecular weight excluding hydrogens is 388 g/mol. The average molecular weight is 409 g/mol. The van der Waals surface area contributed by atoms with Crippen LogP contribution < -0.4 is 10.6 Å². The standard InChI is InChI=1S/C14H20FN3S.HI/c1-16-14(18-10-11-6-7-11)17-8-9-19-13-5-3-2-4-12(13)15;/h2-5,11H,6-10H2,1H3,(H2,16,17,18);1H. The molecule has 0 amide bonds. The van der Waals surface area contributed by atoms with Gasteiger partial charge in [0.2, 0.25) is 0 Å². The Balaban J connectivity index is 0.00000200. The molecule has 0 unspecified atom stereocenters. The molecule has 0 radical (unpaired) electrons. The Morgan fingerprint density at radius 1 is 1.35 bits per heavy atom. The van der Waals surface area contributed by atoms with Gasteiger partial charge in [-0.05, 0) is 30.9 Å². The van der Waals surface area contributed by atoms with Crippen LogP contribution in [0.2, 0.25) is 0 Å². The number of rotatable bonds is 6. The average Bonchev–Trinajstić information content (AvgIpc) is 3.24. The van der Waals surface area contributed by atoms with Crippen LogP contribution in [0.1, 0.15) is 12.8 Å². The van der Waals surface area contributed by atoms with Gasteiger partial charge in [-0.25, -0.2) is 4.39 Å². The third-order valence-corrected chi connectivity index (χ3v) is 4.02. The van der Waals surface area contributed by atoms with Crippen molar-refractivity contribution in [3.63, 3.8) is 0 Å². The molecular formula is C14H21FIN3S. The zero-order valence-electron chi connectivity index (χ0n) is 11.6. The number of guanidine groups is 1. The van der Waals surface area contributed by atoms with Crippen LogP contribution in [0.5, 0.6) is 0 Å². The van der Waals surface area contributed by atoms with E-state index in [1.165, 1.54) is 30.7 Å². The summed E-state index contributed by atoms with van der Waals surface area (Å²) in [5.41, 5.74) is 0. The van der Waals surface area contributed by atoms with E-state index in [1.807, 2.05) is 6.07 Å². The molecule has 0 spiro atoms. The summed E-state index contributed by atoms with van der Waals surface area (Å²) in [6.07, 6.45) is 2.65. The fraction of sp³-hybridized carbons (Fsp3) is 0.500. The van der Waals surface area contributed by atoms with Crippen molar-refractivity contribution in [3.05, 3.63) is 30.1 Å². The lowest BCUT2D eigenvalue weighted by Gasteiger charge is -2.11. The predicted octanol–water partition coefficient (Wildman–Crippen LogP) is 3.11. The summed E-state index contributed by atoms with van der Waals surface area (Å²) in [5, 5.41) is 6.53. The smallest absolute Gasteiger partial charge is 0.191 e. The third-order valence-electron chi connectivity index (χ3n) is 2.97. The zero-order chi connectivity index (χ0) is 13.5. The summed E-state index contributed by atoms with van der Waals surface area (Å²) in [6.45, 7) is 1.77. The monoisotopic (exact) mass is 409 g/mol. The first-order valence-corrected chi connectivity index (χ1v) is 7.60. The maximum Gasteiger partial charge on any atom is 0.191 e. The fourth-order valence-corrected chi connectivity index (χ4v) is 2.48. The van der Waals surface area contributed by atoms with Crippen LogP contribution in [0.3, 0.4) is 0 Å². The van der Waals surface area contributed by atoms with Crippen molar-refractivity contribution in [3.8, 4) is 0 Å². The van der Waals surface area contributed by atoms with Crippen LogP contribution in [0.4, 0.5) is 4.39 Å². The van der Waals surface area contributed by atoms with Crippen LogP contribution in [0, 0.1) is 11.7 Å². The maximum absolute atomic E-state index is 13.4.